The first-order valence-corrected chi connectivity index (χ1v) is 9.51. The van der Waals surface area contributed by atoms with Crippen molar-refractivity contribution < 1.29 is 0 Å². The van der Waals surface area contributed by atoms with Crippen LogP contribution >= 0.6 is 0 Å². The molecule has 0 amide bonds. The fraction of sp³-hybridized carbons (Fsp3) is 0.550. The molecule has 0 bridgehead atoms. The van der Waals surface area contributed by atoms with Crippen LogP contribution < -0.4 is 9.80 Å². The summed E-state index contributed by atoms with van der Waals surface area (Å²) < 4.78 is 0. The van der Waals surface area contributed by atoms with Crippen molar-refractivity contribution >= 4 is 11.8 Å². The number of aromatic nitrogens is 3. The van der Waals surface area contributed by atoms with Gasteiger partial charge in [-0.15, -0.1) is 0 Å². The number of fused-ring (bicyclic) bond motifs is 1. The second kappa shape index (κ2) is 7.19. The van der Waals surface area contributed by atoms with E-state index in [0.717, 1.165) is 43.9 Å². The van der Waals surface area contributed by atoms with E-state index < -0.39 is 0 Å². The van der Waals surface area contributed by atoms with Crippen molar-refractivity contribution in [3.8, 4) is 0 Å². The lowest BCUT2D eigenvalue weighted by molar-refractivity contribution is 0.197. The predicted molar refractivity (Wildman–Crippen MR) is 104 cm³/mol. The molecule has 2 aliphatic rings. The number of rotatable bonds is 4. The van der Waals surface area contributed by atoms with Gasteiger partial charge in [0, 0.05) is 52.2 Å². The van der Waals surface area contributed by atoms with Crippen LogP contribution in [0.1, 0.15) is 24.1 Å². The molecule has 6 heteroatoms. The van der Waals surface area contributed by atoms with Crippen LogP contribution in [0.4, 0.5) is 11.8 Å². The zero-order valence-electron chi connectivity index (χ0n) is 16.0. The molecule has 2 aromatic rings. The minimum Gasteiger partial charge on any atom is -0.363 e. The van der Waals surface area contributed by atoms with E-state index in [2.05, 4.69) is 32.8 Å². The summed E-state index contributed by atoms with van der Waals surface area (Å²) >= 11 is 0. The molecule has 26 heavy (non-hydrogen) atoms. The lowest BCUT2D eigenvalue weighted by atomic mass is 9.92. The Labute approximate surface area is 155 Å². The first-order valence-electron chi connectivity index (χ1n) is 9.51. The zero-order chi connectivity index (χ0) is 18.1. The third-order valence-corrected chi connectivity index (χ3v) is 5.82. The highest BCUT2D eigenvalue weighted by Gasteiger charge is 2.39. The van der Waals surface area contributed by atoms with Gasteiger partial charge in [-0.2, -0.15) is 4.98 Å². The number of hydrogen-bond donors (Lipinski definition) is 0. The molecule has 2 aromatic heterocycles. The van der Waals surface area contributed by atoms with Gasteiger partial charge in [0.05, 0.1) is 5.69 Å². The molecule has 2 atom stereocenters. The molecule has 0 aromatic carbocycles. The Balaban J connectivity index is 1.50. The van der Waals surface area contributed by atoms with E-state index in [9.17, 15) is 0 Å². The fourth-order valence-corrected chi connectivity index (χ4v) is 4.22. The van der Waals surface area contributed by atoms with Crippen molar-refractivity contribution in [2.24, 2.45) is 5.92 Å². The topological polar surface area (TPSA) is 48.4 Å². The van der Waals surface area contributed by atoms with E-state index in [4.69, 9.17) is 4.98 Å². The molecule has 0 N–H and O–H groups in total. The van der Waals surface area contributed by atoms with E-state index in [1.807, 2.05) is 43.5 Å². The molecule has 4 heterocycles. The Morgan fingerprint density at radius 3 is 2.77 bits per heavy atom. The number of anilines is 2. The average molecular weight is 352 g/mol. The minimum absolute atomic E-state index is 0.566. The van der Waals surface area contributed by atoms with E-state index in [1.54, 1.807) is 0 Å². The second-order valence-electron chi connectivity index (χ2n) is 7.70. The standard InChI is InChI=1S/C20H28N6/c1-15-5-4-9-21-17(15)13-25-11-7-16-8-12-26(14-18(16)25)20-22-10-6-19(23-20)24(2)3/h4-6,9-10,16,18H,7-8,11-14H2,1-3H3. The van der Waals surface area contributed by atoms with E-state index >= 15 is 0 Å². The summed E-state index contributed by atoms with van der Waals surface area (Å²) in [6, 6.07) is 6.70. The van der Waals surface area contributed by atoms with Gasteiger partial charge in [0.1, 0.15) is 5.82 Å². The van der Waals surface area contributed by atoms with E-state index in [1.165, 1.54) is 24.1 Å². The van der Waals surface area contributed by atoms with E-state index in [0.29, 0.717) is 6.04 Å². The van der Waals surface area contributed by atoms with Crippen molar-refractivity contribution in [2.75, 3.05) is 43.5 Å². The molecule has 4 rings (SSSR count). The maximum atomic E-state index is 4.74. The van der Waals surface area contributed by atoms with Crippen molar-refractivity contribution in [1.29, 1.82) is 0 Å². The summed E-state index contributed by atoms with van der Waals surface area (Å²) in [5.74, 6) is 2.60. The van der Waals surface area contributed by atoms with Crippen LogP contribution in [-0.2, 0) is 6.54 Å². The highest BCUT2D eigenvalue weighted by atomic mass is 15.3. The molecule has 0 spiro atoms. The zero-order valence-corrected chi connectivity index (χ0v) is 16.0. The summed E-state index contributed by atoms with van der Waals surface area (Å²) in [6.07, 6.45) is 6.29. The first kappa shape index (κ1) is 17.2. The average Bonchev–Trinajstić information content (AvgIpc) is 3.06. The summed E-state index contributed by atoms with van der Waals surface area (Å²) in [5.41, 5.74) is 2.49. The molecule has 138 valence electrons. The SMILES string of the molecule is Cc1cccnc1CN1CCC2CCN(c3nccc(N(C)C)n3)CC21. The van der Waals surface area contributed by atoms with Crippen LogP contribution in [0.15, 0.2) is 30.6 Å². The summed E-state index contributed by atoms with van der Waals surface area (Å²) in [5, 5.41) is 0. The van der Waals surface area contributed by atoms with Gasteiger partial charge in [0.15, 0.2) is 0 Å². The van der Waals surface area contributed by atoms with Gasteiger partial charge in [-0.25, -0.2) is 4.98 Å². The lowest BCUT2D eigenvalue weighted by Gasteiger charge is -2.38. The third-order valence-electron chi connectivity index (χ3n) is 5.82. The van der Waals surface area contributed by atoms with Crippen molar-refractivity contribution in [3.05, 3.63) is 41.9 Å². The van der Waals surface area contributed by atoms with Gasteiger partial charge < -0.3 is 9.80 Å². The number of pyridine rings is 1. The normalized spacial score (nSPS) is 23.1. The molecule has 0 saturated carbocycles. The van der Waals surface area contributed by atoms with Crippen LogP contribution in [0.2, 0.25) is 0 Å². The van der Waals surface area contributed by atoms with Gasteiger partial charge >= 0.3 is 0 Å². The van der Waals surface area contributed by atoms with Crippen LogP contribution in [0, 0.1) is 12.8 Å². The van der Waals surface area contributed by atoms with Crippen molar-refractivity contribution in [2.45, 2.75) is 32.4 Å². The second-order valence-corrected chi connectivity index (χ2v) is 7.70. The largest absolute Gasteiger partial charge is 0.363 e. The molecular formula is C20H28N6. The number of piperidine rings is 1. The predicted octanol–water partition coefficient (Wildman–Crippen LogP) is 2.35. The van der Waals surface area contributed by atoms with Crippen LogP contribution in [0.25, 0.3) is 0 Å². The quantitative estimate of drug-likeness (QED) is 0.842. The first-order chi connectivity index (χ1) is 12.6. The summed E-state index contributed by atoms with van der Waals surface area (Å²) in [6.45, 7) is 6.32. The van der Waals surface area contributed by atoms with Crippen LogP contribution in [0.3, 0.4) is 0 Å². The minimum atomic E-state index is 0.566. The lowest BCUT2D eigenvalue weighted by Crippen LogP contribution is -2.48. The number of aryl methyl sites for hydroxylation is 1. The molecule has 2 unspecified atom stereocenters. The van der Waals surface area contributed by atoms with Gasteiger partial charge in [0.2, 0.25) is 5.95 Å². The molecule has 0 radical (unpaired) electrons. The Morgan fingerprint density at radius 1 is 1.12 bits per heavy atom. The molecule has 2 aliphatic heterocycles. The molecular weight excluding hydrogens is 324 g/mol. The summed E-state index contributed by atoms with van der Waals surface area (Å²) in [4.78, 5) is 20.9. The molecule has 2 saturated heterocycles. The Morgan fingerprint density at radius 2 is 1.96 bits per heavy atom. The van der Waals surface area contributed by atoms with Gasteiger partial charge in [-0.3, -0.25) is 9.88 Å². The number of nitrogens with zero attached hydrogens (tertiary/aromatic N) is 6. The Bertz CT molecular complexity index is 761. The molecule has 0 aliphatic carbocycles. The Kier molecular flexibility index (Phi) is 4.76. The van der Waals surface area contributed by atoms with Gasteiger partial charge in [-0.05, 0) is 49.9 Å². The van der Waals surface area contributed by atoms with Crippen LogP contribution in [0.5, 0.6) is 0 Å². The van der Waals surface area contributed by atoms with Crippen molar-refractivity contribution in [1.82, 2.24) is 19.9 Å². The monoisotopic (exact) mass is 352 g/mol. The third kappa shape index (κ3) is 3.38. The van der Waals surface area contributed by atoms with Gasteiger partial charge in [-0.1, -0.05) is 6.07 Å². The molecule has 6 nitrogen and oxygen atoms in total. The number of hydrogen-bond acceptors (Lipinski definition) is 6. The summed E-state index contributed by atoms with van der Waals surface area (Å²) in [7, 11) is 4.04. The highest BCUT2D eigenvalue weighted by molar-refractivity contribution is 5.43. The maximum absolute atomic E-state index is 4.74. The maximum Gasteiger partial charge on any atom is 0.227 e. The van der Waals surface area contributed by atoms with Gasteiger partial charge in [0.25, 0.3) is 0 Å². The smallest absolute Gasteiger partial charge is 0.227 e. The Hall–Kier alpha value is -2.21. The number of likely N-dealkylation sites (tertiary alicyclic amines) is 1. The highest BCUT2D eigenvalue weighted by Crippen LogP contribution is 2.34. The van der Waals surface area contributed by atoms with E-state index in [-0.39, 0.29) is 0 Å². The fourth-order valence-electron chi connectivity index (χ4n) is 4.22. The molecule has 2 fully saturated rings. The van der Waals surface area contributed by atoms with Crippen LogP contribution in [-0.4, -0.2) is 59.6 Å². The van der Waals surface area contributed by atoms with Crippen molar-refractivity contribution in [3.63, 3.8) is 0 Å².